The highest BCUT2D eigenvalue weighted by molar-refractivity contribution is 5.70. The van der Waals surface area contributed by atoms with Crippen molar-refractivity contribution in [1.29, 1.82) is 0 Å². The van der Waals surface area contributed by atoms with E-state index in [1.165, 1.54) is 12.3 Å². The van der Waals surface area contributed by atoms with Crippen molar-refractivity contribution < 1.29 is 13.9 Å². The predicted octanol–water partition coefficient (Wildman–Crippen LogP) is 2.73. The van der Waals surface area contributed by atoms with Crippen LogP contribution in [0.25, 0.3) is 11.3 Å². The second-order valence-electron chi connectivity index (χ2n) is 5.76. The van der Waals surface area contributed by atoms with Crippen LogP contribution in [0.1, 0.15) is 26.5 Å². The van der Waals surface area contributed by atoms with Crippen LogP contribution in [0, 0.1) is 12.9 Å². The van der Waals surface area contributed by atoms with E-state index >= 15 is 0 Å². The number of aromatic nitrogens is 3. The highest BCUT2D eigenvalue weighted by Crippen LogP contribution is 2.21. The summed E-state index contributed by atoms with van der Waals surface area (Å²) >= 11 is 0. The van der Waals surface area contributed by atoms with E-state index in [0.717, 1.165) is 5.69 Å². The zero-order chi connectivity index (χ0) is 15.6. The Morgan fingerprint density at radius 1 is 1.38 bits per heavy atom. The molecule has 0 radical (unpaired) electrons. The first-order valence-electron chi connectivity index (χ1n) is 6.62. The molecule has 0 unspecified atom stereocenters. The van der Waals surface area contributed by atoms with Crippen LogP contribution in [-0.2, 0) is 16.1 Å². The summed E-state index contributed by atoms with van der Waals surface area (Å²) in [5, 5.41) is 0. The summed E-state index contributed by atoms with van der Waals surface area (Å²) in [6.07, 6.45) is 2.93. The number of esters is 1. The first kappa shape index (κ1) is 15.2. The van der Waals surface area contributed by atoms with E-state index in [4.69, 9.17) is 4.74 Å². The average Bonchev–Trinajstić information content (AvgIpc) is 2.68. The molecule has 0 saturated heterocycles. The predicted molar refractivity (Wildman–Crippen MR) is 76.0 cm³/mol. The molecule has 112 valence electrons. The van der Waals surface area contributed by atoms with E-state index in [2.05, 4.69) is 9.97 Å². The Morgan fingerprint density at radius 3 is 2.71 bits per heavy atom. The van der Waals surface area contributed by atoms with Crippen LogP contribution in [-0.4, -0.2) is 26.1 Å². The molecule has 0 bridgehead atoms. The van der Waals surface area contributed by atoms with E-state index in [-0.39, 0.29) is 12.5 Å². The van der Waals surface area contributed by atoms with E-state index in [1.54, 1.807) is 17.0 Å². The maximum atomic E-state index is 13.2. The van der Waals surface area contributed by atoms with Gasteiger partial charge < -0.3 is 9.30 Å². The quantitative estimate of drug-likeness (QED) is 0.644. The molecular weight excluding hydrogens is 273 g/mol. The number of ether oxygens (including phenoxy) is 1. The van der Waals surface area contributed by atoms with Gasteiger partial charge in [0.15, 0.2) is 0 Å². The number of carbonyl (C=O) groups excluding carboxylic acids is 1. The van der Waals surface area contributed by atoms with Crippen molar-refractivity contribution in [3.63, 3.8) is 0 Å². The molecule has 21 heavy (non-hydrogen) atoms. The fraction of sp³-hybridized carbons (Fsp3) is 0.400. The molecule has 0 aliphatic rings. The normalized spacial score (nSPS) is 11.5. The van der Waals surface area contributed by atoms with Gasteiger partial charge in [0.1, 0.15) is 12.1 Å². The number of halogens is 1. The van der Waals surface area contributed by atoms with Crippen molar-refractivity contribution in [1.82, 2.24) is 14.5 Å². The first-order chi connectivity index (χ1) is 9.76. The minimum atomic E-state index is -0.561. The molecule has 0 atom stereocenters. The topological polar surface area (TPSA) is 57.0 Å². The molecule has 0 aromatic carbocycles. The summed E-state index contributed by atoms with van der Waals surface area (Å²) in [7, 11) is 0. The molecule has 0 N–H and O–H groups in total. The van der Waals surface area contributed by atoms with Gasteiger partial charge in [-0.1, -0.05) is 0 Å². The van der Waals surface area contributed by atoms with E-state index in [9.17, 15) is 9.18 Å². The Labute approximate surface area is 122 Å². The lowest BCUT2D eigenvalue weighted by Crippen LogP contribution is -2.26. The van der Waals surface area contributed by atoms with Crippen LogP contribution in [0.2, 0.25) is 0 Å². The van der Waals surface area contributed by atoms with Gasteiger partial charge in [-0.2, -0.15) is 4.39 Å². The summed E-state index contributed by atoms with van der Waals surface area (Å²) in [5.41, 5.74) is 1.50. The van der Waals surface area contributed by atoms with Crippen LogP contribution < -0.4 is 0 Å². The zero-order valence-corrected chi connectivity index (χ0v) is 12.6. The number of nitrogens with zero attached hydrogens (tertiary/aromatic N) is 3. The molecular formula is C15H18FN3O2. The Morgan fingerprint density at radius 2 is 2.10 bits per heavy atom. The summed E-state index contributed by atoms with van der Waals surface area (Å²) in [4.78, 5) is 19.6. The summed E-state index contributed by atoms with van der Waals surface area (Å²) < 4.78 is 20.1. The van der Waals surface area contributed by atoms with Crippen molar-refractivity contribution >= 4 is 5.97 Å². The molecule has 0 fully saturated rings. The second-order valence-corrected chi connectivity index (χ2v) is 5.76. The zero-order valence-electron chi connectivity index (χ0n) is 12.6. The first-order valence-corrected chi connectivity index (χ1v) is 6.62. The largest absolute Gasteiger partial charge is 0.459 e. The summed E-state index contributed by atoms with van der Waals surface area (Å²) in [6, 6.07) is 2.99. The van der Waals surface area contributed by atoms with Crippen molar-refractivity contribution in [2.75, 3.05) is 0 Å². The average molecular weight is 291 g/mol. The van der Waals surface area contributed by atoms with Crippen LogP contribution in [0.3, 0.4) is 0 Å². The molecule has 0 spiro atoms. The van der Waals surface area contributed by atoms with Crippen LogP contribution >= 0.6 is 0 Å². The maximum Gasteiger partial charge on any atom is 0.326 e. The Kier molecular flexibility index (Phi) is 4.06. The Hall–Kier alpha value is -2.24. The van der Waals surface area contributed by atoms with Crippen molar-refractivity contribution in [2.45, 2.75) is 39.8 Å². The highest BCUT2D eigenvalue weighted by atomic mass is 19.1. The molecule has 2 aromatic heterocycles. The van der Waals surface area contributed by atoms with Crippen molar-refractivity contribution in [3.8, 4) is 11.3 Å². The number of hydrogen-bond acceptors (Lipinski definition) is 4. The number of hydrogen-bond donors (Lipinski definition) is 0. The standard InChI is InChI=1S/C15H18FN3O2/c1-10-14(11-5-6-17-12(16)7-11)18-9-19(10)8-13(20)21-15(2,3)4/h5-7,9H,8H2,1-4H3. The molecule has 5 nitrogen and oxygen atoms in total. The van der Waals surface area contributed by atoms with Gasteiger partial charge in [0.05, 0.1) is 12.0 Å². The van der Waals surface area contributed by atoms with Gasteiger partial charge in [-0.05, 0) is 33.8 Å². The fourth-order valence-corrected chi connectivity index (χ4v) is 1.95. The molecule has 2 aromatic rings. The third-order valence-corrected chi connectivity index (χ3v) is 2.82. The molecule has 0 aliphatic heterocycles. The van der Waals surface area contributed by atoms with Crippen molar-refractivity contribution in [2.24, 2.45) is 0 Å². The van der Waals surface area contributed by atoms with Crippen LogP contribution in [0.15, 0.2) is 24.7 Å². The molecule has 6 heteroatoms. The van der Waals surface area contributed by atoms with E-state index < -0.39 is 11.5 Å². The van der Waals surface area contributed by atoms with Gasteiger partial charge in [-0.25, -0.2) is 9.97 Å². The van der Waals surface area contributed by atoms with Crippen molar-refractivity contribution in [3.05, 3.63) is 36.3 Å². The lowest BCUT2D eigenvalue weighted by Gasteiger charge is -2.19. The van der Waals surface area contributed by atoms with Gasteiger partial charge in [0.25, 0.3) is 0 Å². The third kappa shape index (κ3) is 3.87. The lowest BCUT2D eigenvalue weighted by atomic mass is 10.1. The van der Waals surface area contributed by atoms with E-state index in [0.29, 0.717) is 11.3 Å². The van der Waals surface area contributed by atoms with Gasteiger partial charge >= 0.3 is 5.97 Å². The molecule has 2 heterocycles. The fourth-order valence-electron chi connectivity index (χ4n) is 1.95. The van der Waals surface area contributed by atoms with Crippen LogP contribution in [0.4, 0.5) is 4.39 Å². The number of carbonyl (C=O) groups is 1. The molecule has 0 amide bonds. The van der Waals surface area contributed by atoms with Gasteiger partial charge in [0, 0.05) is 23.5 Å². The smallest absolute Gasteiger partial charge is 0.326 e. The minimum absolute atomic E-state index is 0.0731. The number of imidazole rings is 1. The van der Waals surface area contributed by atoms with Gasteiger partial charge in [-0.3, -0.25) is 4.79 Å². The monoisotopic (exact) mass is 291 g/mol. The maximum absolute atomic E-state index is 13.2. The van der Waals surface area contributed by atoms with Gasteiger partial charge in [0.2, 0.25) is 5.95 Å². The highest BCUT2D eigenvalue weighted by Gasteiger charge is 2.18. The number of rotatable bonds is 3. The SMILES string of the molecule is Cc1c(-c2ccnc(F)c2)ncn1CC(=O)OC(C)(C)C. The lowest BCUT2D eigenvalue weighted by molar-refractivity contribution is -0.155. The number of pyridine rings is 1. The molecule has 0 saturated carbocycles. The third-order valence-electron chi connectivity index (χ3n) is 2.82. The molecule has 0 aliphatic carbocycles. The van der Waals surface area contributed by atoms with E-state index in [1.807, 2.05) is 27.7 Å². The Balaban J connectivity index is 2.20. The summed E-state index contributed by atoms with van der Waals surface area (Å²) in [5.74, 6) is -0.899. The summed E-state index contributed by atoms with van der Waals surface area (Å²) in [6.45, 7) is 7.35. The van der Waals surface area contributed by atoms with Crippen LogP contribution in [0.5, 0.6) is 0 Å². The molecule has 2 rings (SSSR count). The van der Waals surface area contributed by atoms with Gasteiger partial charge in [-0.15, -0.1) is 0 Å². The minimum Gasteiger partial charge on any atom is -0.459 e. The second kappa shape index (κ2) is 5.63. The Bertz CT molecular complexity index is 659.